The Bertz CT molecular complexity index is 380. The summed E-state index contributed by atoms with van der Waals surface area (Å²) in [6, 6.07) is 7.85. The van der Waals surface area contributed by atoms with Crippen molar-refractivity contribution in [3.05, 3.63) is 28.7 Å². The molecule has 0 bridgehead atoms. The summed E-state index contributed by atoms with van der Waals surface area (Å²) in [7, 11) is 0. The molecule has 0 amide bonds. The molecular weight excluding hydrogens is 294 g/mol. The van der Waals surface area contributed by atoms with Crippen LogP contribution in [0, 0.1) is 5.92 Å². The molecule has 0 saturated carbocycles. The monoisotopic (exact) mass is 311 g/mol. The topological polar surface area (TPSA) is 29.5 Å². The molecule has 1 aromatic carbocycles. The van der Waals surface area contributed by atoms with Gasteiger partial charge in [0.15, 0.2) is 0 Å². The zero-order valence-corrected chi connectivity index (χ0v) is 11.9. The molecule has 2 rings (SSSR count). The van der Waals surface area contributed by atoms with Crippen molar-refractivity contribution in [2.75, 3.05) is 26.2 Å². The highest BCUT2D eigenvalue weighted by Gasteiger charge is 2.18. The third-order valence-corrected chi connectivity index (χ3v) is 3.75. The molecular formula is C14H18BrNO2. The zero-order chi connectivity index (χ0) is 12.8. The number of carbonyl (C=O) groups is 1. The largest absolute Gasteiger partial charge is 0.492 e. The van der Waals surface area contributed by atoms with Gasteiger partial charge in [-0.05, 0) is 43.7 Å². The lowest BCUT2D eigenvalue weighted by atomic mass is 10.00. The van der Waals surface area contributed by atoms with Crippen molar-refractivity contribution < 1.29 is 9.53 Å². The molecule has 0 aliphatic carbocycles. The second-order valence-electron chi connectivity index (χ2n) is 4.64. The predicted octanol–water partition coefficient (Wildman–Crippen LogP) is 2.74. The van der Waals surface area contributed by atoms with E-state index in [9.17, 15) is 4.79 Å². The Morgan fingerprint density at radius 3 is 2.89 bits per heavy atom. The second-order valence-corrected chi connectivity index (χ2v) is 5.56. The number of piperidine rings is 1. The molecule has 1 aromatic rings. The Morgan fingerprint density at radius 1 is 1.39 bits per heavy atom. The lowest BCUT2D eigenvalue weighted by Crippen LogP contribution is -2.38. The summed E-state index contributed by atoms with van der Waals surface area (Å²) in [6.45, 7) is 3.52. The number of nitrogens with zero attached hydrogens (tertiary/aromatic N) is 1. The lowest BCUT2D eigenvalue weighted by Gasteiger charge is -2.29. The minimum absolute atomic E-state index is 0.214. The summed E-state index contributed by atoms with van der Waals surface area (Å²) >= 11 is 3.39. The van der Waals surface area contributed by atoms with E-state index in [1.165, 1.54) is 0 Å². The Morgan fingerprint density at radius 2 is 2.17 bits per heavy atom. The third kappa shape index (κ3) is 4.10. The van der Waals surface area contributed by atoms with Gasteiger partial charge in [0, 0.05) is 23.5 Å². The average Bonchev–Trinajstić information content (AvgIpc) is 2.41. The van der Waals surface area contributed by atoms with Crippen LogP contribution in [0.5, 0.6) is 5.75 Å². The van der Waals surface area contributed by atoms with Crippen LogP contribution in [0.1, 0.15) is 12.8 Å². The minimum Gasteiger partial charge on any atom is -0.492 e. The van der Waals surface area contributed by atoms with E-state index in [0.29, 0.717) is 6.61 Å². The van der Waals surface area contributed by atoms with Gasteiger partial charge in [0.05, 0.1) is 0 Å². The van der Waals surface area contributed by atoms with Gasteiger partial charge in [0.2, 0.25) is 0 Å². The van der Waals surface area contributed by atoms with Gasteiger partial charge in [-0.25, -0.2) is 0 Å². The molecule has 1 heterocycles. The molecule has 18 heavy (non-hydrogen) atoms. The number of benzene rings is 1. The number of rotatable bonds is 5. The molecule has 0 spiro atoms. The number of likely N-dealkylation sites (tertiary alicyclic amines) is 1. The zero-order valence-electron chi connectivity index (χ0n) is 10.3. The van der Waals surface area contributed by atoms with Gasteiger partial charge < -0.3 is 9.53 Å². The summed E-state index contributed by atoms with van der Waals surface area (Å²) in [6.07, 6.45) is 3.23. The van der Waals surface area contributed by atoms with Crippen LogP contribution in [0.4, 0.5) is 0 Å². The number of aldehydes is 1. The van der Waals surface area contributed by atoms with Gasteiger partial charge in [-0.15, -0.1) is 0 Å². The van der Waals surface area contributed by atoms with E-state index in [1.807, 2.05) is 24.3 Å². The fourth-order valence-corrected chi connectivity index (χ4v) is 2.49. The molecule has 0 N–H and O–H groups in total. The second kappa shape index (κ2) is 6.90. The summed E-state index contributed by atoms with van der Waals surface area (Å²) in [5, 5.41) is 0. The van der Waals surface area contributed by atoms with Crippen molar-refractivity contribution in [3.63, 3.8) is 0 Å². The first-order chi connectivity index (χ1) is 8.78. The van der Waals surface area contributed by atoms with Crippen LogP contribution >= 0.6 is 15.9 Å². The highest BCUT2D eigenvalue weighted by atomic mass is 79.9. The predicted molar refractivity (Wildman–Crippen MR) is 74.9 cm³/mol. The maximum Gasteiger partial charge on any atom is 0.124 e. The molecule has 1 atom stereocenters. The smallest absolute Gasteiger partial charge is 0.124 e. The fourth-order valence-electron chi connectivity index (χ4n) is 2.23. The summed E-state index contributed by atoms with van der Waals surface area (Å²) in [5.41, 5.74) is 0. The van der Waals surface area contributed by atoms with Crippen molar-refractivity contribution >= 4 is 22.2 Å². The molecule has 3 nitrogen and oxygen atoms in total. The molecule has 98 valence electrons. The van der Waals surface area contributed by atoms with Gasteiger partial charge >= 0.3 is 0 Å². The molecule has 0 aromatic heterocycles. The van der Waals surface area contributed by atoms with Crippen molar-refractivity contribution in [2.24, 2.45) is 5.92 Å². The Kier molecular flexibility index (Phi) is 5.20. The summed E-state index contributed by atoms with van der Waals surface area (Å²) in [5.74, 6) is 1.11. The van der Waals surface area contributed by atoms with Crippen LogP contribution in [0.3, 0.4) is 0 Å². The van der Waals surface area contributed by atoms with E-state index in [0.717, 1.165) is 49.0 Å². The van der Waals surface area contributed by atoms with Crippen molar-refractivity contribution in [1.29, 1.82) is 0 Å². The molecule has 0 radical (unpaired) electrons. The van der Waals surface area contributed by atoms with Crippen molar-refractivity contribution in [2.45, 2.75) is 12.8 Å². The van der Waals surface area contributed by atoms with Crippen molar-refractivity contribution in [3.8, 4) is 5.75 Å². The first-order valence-electron chi connectivity index (χ1n) is 6.34. The van der Waals surface area contributed by atoms with Crippen LogP contribution in [-0.4, -0.2) is 37.4 Å². The molecule has 1 aliphatic heterocycles. The summed E-state index contributed by atoms with van der Waals surface area (Å²) < 4.78 is 6.74. The number of ether oxygens (including phenoxy) is 1. The molecule has 1 aliphatic rings. The van der Waals surface area contributed by atoms with Gasteiger partial charge in [-0.1, -0.05) is 15.9 Å². The van der Waals surface area contributed by atoms with Crippen LogP contribution in [0.15, 0.2) is 28.7 Å². The fraction of sp³-hybridized carbons (Fsp3) is 0.500. The number of halogens is 1. The molecule has 1 fully saturated rings. The van der Waals surface area contributed by atoms with E-state index >= 15 is 0 Å². The number of carbonyl (C=O) groups excluding carboxylic acids is 1. The van der Waals surface area contributed by atoms with Crippen LogP contribution in [0.25, 0.3) is 0 Å². The van der Waals surface area contributed by atoms with Crippen LogP contribution in [-0.2, 0) is 4.79 Å². The van der Waals surface area contributed by atoms with E-state index in [-0.39, 0.29) is 5.92 Å². The van der Waals surface area contributed by atoms with E-state index in [2.05, 4.69) is 20.8 Å². The SMILES string of the molecule is O=CC1CCCN(CCOc2ccc(Br)cc2)C1. The van der Waals surface area contributed by atoms with E-state index in [4.69, 9.17) is 4.74 Å². The van der Waals surface area contributed by atoms with Gasteiger partial charge in [-0.2, -0.15) is 0 Å². The standard InChI is InChI=1S/C14H18BrNO2/c15-13-3-5-14(6-4-13)18-9-8-16-7-1-2-12(10-16)11-17/h3-6,11-12H,1-2,7-10H2. The average molecular weight is 312 g/mol. The normalized spacial score (nSPS) is 20.6. The maximum absolute atomic E-state index is 10.8. The highest BCUT2D eigenvalue weighted by molar-refractivity contribution is 9.10. The van der Waals surface area contributed by atoms with Crippen LogP contribution in [0.2, 0.25) is 0 Å². The lowest BCUT2D eigenvalue weighted by molar-refractivity contribution is -0.112. The number of hydrogen-bond donors (Lipinski definition) is 0. The van der Waals surface area contributed by atoms with Crippen molar-refractivity contribution in [1.82, 2.24) is 4.90 Å². The third-order valence-electron chi connectivity index (χ3n) is 3.22. The Labute approximate surface area is 116 Å². The molecule has 1 saturated heterocycles. The van der Waals surface area contributed by atoms with Gasteiger partial charge in [0.1, 0.15) is 18.6 Å². The Balaban J connectivity index is 1.71. The van der Waals surface area contributed by atoms with Gasteiger partial charge in [-0.3, -0.25) is 4.90 Å². The quantitative estimate of drug-likeness (QED) is 0.783. The summed E-state index contributed by atoms with van der Waals surface area (Å²) in [4.78, 5) is 13.1. The highest BCUT2D eigenvalue weighted by Crippen LogP contribution is 2.17. The van der Waals surface area contributed by atoms with E-state index in [1.54, 1.807) is 0 Å². The van der Waals surface area contributed by atoms with Crippen LogP contribution < -0.4 is 4.74 Å². The Hall–Kier alpha value is -0.870. The first-order valence-corrected chi connectivity index (χ1v) is 7.13. The number of hydrogen-bond acceptors (Lipinski definition) is 3. The first kappa shape index (κ1) is 13.6. The van der Waals surface area contributed by atoms with Gasteiger partial charge in [0.25, 0.3) is 0 Å². The molecule has 4 heteroatoms. The maximum atomic E-state index is 10.8. The van der Waals surface area contributed by atoms with E-state index < -0.39 is 0 Å². The minimum atomic E-state index is 0.214. The molecule has 1 unspecified atom stereocenters.